The number of nitrogens with zero attached hydrogens (tertiary/aromatic N) is 2. The standard InChI is InChI=1S/C15H11ClN2O2/c1-20-12-5-2-10(3-6-12)14(9-17)13-7-4-11(18-19)8-15(13)16/h2-8,19H,1H3/b14-13-,18-11+. The Bertz CT molecular complexity index is 677. The number of benzene rings is 1. The second-order valence-corrected chi connectivity index (χ2v) is 4.39. The lowest BCUT2D eigenvalue weighted by molar-refractivity contribution is 0.320. The third kappa shape index (κ3) is 2.73. The Morgan fingerprint density at radius 3 is 2.50 bits per heavy atom. The Labute approximate surface area is 121 Å². The molecule has 0 heterocycles. The van der Waals surface area contributed by atoms with Gasteiger partial charge in [0.1, 0.15) is 17.5 Å². The Morgan fingerprint density at radius 2 is 2.00 bits per heavy atom. The first kappa shape index (κ1) is 13.9. The minimum atomic E-state index is 0.339. The number of ether oxygens (including phenoxy) is 1. The number of hydrogen-bond donors (Lipinski definition) is 1. The Hall–Kier alpha value is -2.51. The molecule has 1 aliphatic rings. The van der Waals surface area contributed by atoms with Gasteiger partial charge in [-0.25, -0.2) is 0 Å². The van der Waals surface area contributed by atoms with Gasteiger partial charge in [-0.05, 0) is 48.1 Å². The van der Waals surface area contributed by atoms with Gasteiger partial charge in [-0.2, -0.15) is 5.26 Å². The van der Waals surface area contributed by atoms with Gasteiger partial charge >= 0.3 is 0 Å². The lowest BCUT2D eigenvalue weighted by Crippen LogP contribution is -1.99. The molecule has 100 valence electrons. The molecular formula is C15H11ClN2O2. The van der Waals surface area contributed by atoms with Crippen LogP contribution in [0.3, 0.4) is 0 Å². The fourth-order valence-corrected chi connectivity index (χ4v) is 2.08. The Kier molecular flexibility index (Phi) is 4.24. The van der Waals surface area contributed by atoms with Gasteiger partial charge < -0.3 is 9.94 Å². The molecule has 4 nitrogen and oxygen atoms in total. The van der Waals surface area contributed by atoms with Gasteiger partial charge in [-0.3, -0.25) is 0 Å². The van der Waals surface area contributed by atoms with Crippen LogP contribution in [0.5, 0.6) is 5.75 Å². The highest BCUT2D eigenvalue weighted by molar-refractivity contribution is 6.36. The van der Waals surface area contributed by atoms with E-state index in [1.54, 1.807) is 43.5 Å². The first-order valence-electron chi connectivity index (χ1n) is 5.76. The van der Waals surface area contributed by atoms with Crippen LogP contribution in [0, 0.1) is 11.3 Å². The van der Waals surface area contributed by atoms with Crippen molar-refractivity contribution in [2.75, 3.05) is 7.11 Å². The molecular weight excluding hydrogens is 276 g/mol. The van der Waals surface area contributed by atoms with Gasteiger partial charge in [0.05, 0.1) is 17.7 Å². The topological polar surface area (TPSA) is 65.6 Å². The SMILES string of the molecule is COc1ccc(/C(C#N)=C2C=C/C(=N\O)C=C/2Cl)cc1. The molecule has 0 saturated heterocycles. The number of hydrogen-bond acceptors (Lipinski definition) is 4. The number of halogens is 1. The van der Waals surface area contributed by atoms with E-state index in [0.717, 1.165) is 5.56 Å². The van der Waals surface area contributed by atoms with Crippen molar-refractivity contribution >= 4 is 22.9 Å². The van der Waals surface area contributed by atoms with E-state index in [1.165, 1.54) is 6.08 Å². The van der Waals surface area contributed by atoms with E-state index in [2.05, 4.69) is 11.2 Å². The van der Waals surface area contributed by atoms with Crippen molar-refractivity contribution in [1.82, 2.24) is 0 Å². The third-order valence-electron chi connectivity index (χ3n) is 2.83. The zero-order valence-electron chi connectivity index (χ0n) is 10.7. The van der Waals surface area contributed by atoms with Crippen LogP contribution >= 0.6 is 11.6 Å². The molecule has 5 heteroatoms. The number of rotatable bonds is 2. The van der Waals surface area contributed by atoms with Crippen LogP contribution in [0.2, 0.25) is 0 Å². The van der Waals surface area contributed by atoms with Gasteiger partial charge in [0.15, 0.2) is 0 Å². The summed E-state index contributed by atoms with van der Waals surface area (Å²) in [5.41, 5.74) is 2.11. The van der Waals surface area contributed by atoms with Crippen molar-refractivity contribution in [1.29, 1.82) is 5.26 Å². The van der Waals surface area contributed by atoms with E-state index in [0.29, 0.717) is 27.6 Å². The first-order valence-corrected chi connectivity index (χ1v) is 6.14. The van der Waals surface area contributed by atoms with Crippen molar-refractivity contribution in [3.63, 3.8) is 0 Å². The molecule has 0 atom stereocenters. The zero-order chi connectivity index (χ0) is 14.5. The van der Waals surface area contributed by atoms with Gasteiger partial charge in [0, 0.05) is 5.57 Å². The molecule has 2 rings (SSSR count). The van der Waals surface area contributed by atoms with Gasteiger partial charge in [-0.1, -0.05) is 16.8 Å². The molecule has 0 unspecified atom stereocenters. The minimum Gasteiger partial charge on any atom is -0.497 e. The predicted octanol–water partition coefficient (Wildman–Crippen LogP) is 3.50. The quantitative estimate of drug-likeness (QED) is 0.514. The average molecular weight is 287 g/mol. The molecule has 0 aliphatic heterocycles. The fraction of sp³-hybridized carbons (Fsp3) is 0.0667. The Balaban J connectivity index is 2.49. The molecule has 0 aromatic heterocycles. The van der Waals surface area contributed by atoms with Crippen molar-refractivity contribution in [3.8, 4) is 11.8 Å². The van der Waals surface area contributed by atoms with E-state index in [-0.39, 0.29) is 0 Å². The monoisotopic (exact) mass is 286 g/mol. The van der Waals surface area contributed by atoms with Crippen LogP contribution < -0.4 is 4.74 Å². The maximum absolute atomic E-state index is 9.36. The van der Waals surface area contributed by atoms with Crippen LogP contribution in [0.25, 0.3) is 5.57 Å². The number of oxime groups is 1. The summed E-state index contributed by atoms with van der Waals surface area (Å²) in [6.45, 7) is 0. The van der Waals surface area contributed by atoms with E-state index in [4.69, 9.17) is 21.5 Å². The van der Waals surface area contributed by atoms with Crippen LogP contribution in [-0.4, -0.2) is 18.0 Å². The van der Waals surface area contributed by atoms with Crippen LogP contribution in [0.15, 0.2) is 58.3 Å². The van der Waals surface area contributed by atoms with Gasteiger partial charge in [-0.15, -0.1) is 0 Å². The molecule has 1 aliphatic carbocycles. The molecule has 1 aromatic carbocycles. The largest absolute Gasteiger partial charge is 0.497 e. The van der Waals surface area contributed by atoms with Crippen LogP contribution in [0.4, 0.5) is 0 Å². The second-order valence-electron chi connectivity index (χ2n) is 3.98. The van der Waals surface area contributed by atoms with Crippen LogP contribution in [0.1, 0.15) is 5.56 Å². The molecule has 0 spiro atoms. The summed E-state index contributed by atoms with van der Waals surface area (Å²) in [4.78, 5) is 0. The second kappa shape index (κ2) is 6.09. The molecule has 0 amide bonds. The smallest absolute Gasteiger partial charge is 0.118 e. The number of allylic oxidation sites excluding steroid dienone is 6. The van der Waals surface area contributed by atoms with E-state index in [9.17, 15) is 5.26 Å². The Morgan fingerprint density at radius 1 is 1.30 bits per heavy atom. The summed E-state index contributed by atoms with van der Waals surface area (Å²) in [5.74, 6) is 0.714. The molecule has 1 N–H and O–H groups in total. The third-order valence-corrected chi connectivity index (χ3v) is 3.14. The van der Waals surface area contributed by atoms with Crippen LogP contribution in [-0.2, 0) is 0 Å². The first-order chi connectivity index (χ1) is 9.69. The predicted molar refractivity (Wildman–Crippen MR) is 77.8 cm³/mol. The average Bonchev–Trinajstić information content (AvgIpc) is 2.50. The molecule has 20 heavy (non-hydrogen) atoms. The highest BCUT2D eigenvalue weighted by Crippen LogP contribution is 2.30. The van der Waals surface area contributed by atoms with E-state index >= 15 is 0 Å². The highest BCUT2D eigenvalue weighted by atomic mass is 35.5. The van der Waals surface area contributed by atoms with Crippen molar-refractivity contribution < 1.29 is 9.94 Å². The number of nitriles is 1. The maximum Gasteiger partial charge on any atom is 0.118 e. The zero-order valence-corrected chi connectivity index (χ0v) is 11.4. The highest BCUT2D eigenvalue weighted by Gasteiger charge is 2.14. The van der Waals surface area contributed by atoms with Crippen molar-refractivity contribution in [3.05, 3.63) is 58.7 Å². The van der Waals surface area contributed by atoms with Gasteiger partial charge in [0.2, 0.25) is 0 Å². The van der Waals surface area contributed by atoms with E-state index in [1.807, 2.05) is 0 Å². The summed E-state index contributed by atoms with van der Waals surface area (Å²) in [6, 6.07) is 9.28. The summed E-state index contributed by atoms with van der Waals surface area (Å²) >= 11 is 6.12. The molecule has 0 fully saturated rings. The molecule has 0 saturated carbocycles. The lowest BCUT2D eigenvalue weighted by Gasteiger charge is -2.10. The number of methoxy groups -OCH3 is 1. The summed E-state index contributed by atoms with van der Waals surface area (Å²) in [7, 11) is 1.58. The summed E-state index contributed by atoms with van der Waals surface area (Å²) in [6.07, 6.45) is 4.74. The normalized spacial score (nSPS) is 18.4. The maximum atomic E-state index is 9.36. The summed E-state index contributed by atoms with van der Waals surface area (Å²) < 4.78 is 5.08. The summed E-state index contributed by atoms with van der Waals surface area (Å²) in [5, 5.41) is 21.5. The minimum absolute atomic E-state index is 0.339. The lowest BCUT2D eigenvalue weighted by atomic mass is 9.97. The molecule has 1 aromatic rings. The van der Waals surface area contributed by atoms with Crippen molar-refractivity contribution in [2.45, 2.75) is 0 Å². The molecule has 0 bridgehead atoms. The van der Waals surface area contributed by atoms with Crippen molar-refractivity contribution in [2.24, 2.45) is 5.16 Å². The van der Waals surface area contributed by atoms with Gasteiger partial charge in [0.25, 0.3) is 0 Å². The molecule has 0 radical (unpaired) electrons. The fourth-order valence-electron chi connectivity index (χ4n) is 1.81. The van der Waals surface area contributed by atoms with E-state index < -0.39 is 0 Å².